The van der Waals surface area contributed by atoms with Crippen LogP contribution in [-0.4, -0.2) is 25.1 Å². The van der Waals surface area contributed by atoms with Crippen LogP contribution in [0.25, 0.3) is 0 Å². The van der Waals surface area contributed by atoms with Crippen LogP contribution in [0.5, 0.6) is 0 Å². The standard InChI is InChI=1S/C5H9FN2/c1-5(2-6)3-7-4-8-5/h4H,2-3H2,1H3,(H,7,8). The number of hydrogen-bond acceptors (Lipinski definition) is 2. The second-order valence-electron chi connectivity index (χ2n) is 2.31. The Kier molecular flexibility index (Phi) is 1.19. The van der Waals surface area contributed by atoms with E-state index >= 15 is 0 Å². The quantitative estimate of drug-likeness (QED) is 0.525. The van der Waals surface area contributed by atoms with Gasteiger partial charge in [0.2, 0.25) is 0 Å². The minimum absolute atomic E-state index is 0.354. The van der Waals surface area contributed by atoms with E-state index in [0.717, 1.165) is 0 Å². The van der Waals surface area contributed by atoms with E-state index in [1.165, 1.54) is 0 Å². The van der Waals surface area contributed by atoms with E-state index in [1.54, 1.807) is 13.3 Å². The maximum atomic E-state index is 11.9. The molecule has 0 aliphatic carbocycles. The van der Waals surface area contributed by atoms with Gasteiger partial charge in [0, 0.05) is 0 Å². The monoisotopic (exact) mass is 116 g/mol. The van der Waals surface area contributed by atoms with Gasteiger partial charge < -0.3 is 5.32 Å². The second kappa shape index (κ2) is 1.73. The zero-order chi connectivity index (χ0) is 6.04. The predicted octanol–water partition coefficient (Wildman–Crippen LogP) is 0.346. The molecule has 1 unspecified atom stereocenters. The normalized spacial score (nSPS) is 35.2. The molecule has 0 bridgehead atoms. The van der Waals surface area contributed by atoms with Crippen LogP contribution in [0.4, 0.5) is 4.39 Å². The van der Waals surface area contributed by atoms with Crippen LogP contribution >= 0.6 is 0 Å². The fourth-order valence-electron chi connectivity index (χ4n) is 0.575. The summed E-state index contributed by atoms with van der Waals surface area (Å²) in [4.78, 5) is 3.83. The molecule has 0 radical (unpaired) electrons. The van der Waals surface area contributed by atoms with Crippen molar-refractivity contribution in [2.45, 2.75) is 12.5 Å². The van der Waals surface area contributed by atoms with Crippen molar-refractivity contribution in [3.63, 3.8) is 0 Å². The van der Waals surface area contributed by atoms with Crippen molar-refractivity contribution >= 4 is 6.34 Å². The molecule has 0 spiro atoms. The Balaban J connectivity index is 2.46. The number of nitrogens with zero attached hydrogens (tertiary/aromatic N) is 1. The van der Waals surface area contributed by atoms with Crippen molar-refractivity contribution in [3.05, 3.63) is 0 Å². The van der Waals surface area contributed by atoms with Gasteiger partial charge in [0.15, 0.2) is 0 Å². The van der Waals surface area contributed by atoms with Crippen molar-refractivity contribution < 1.29 is 4.39 Å². The van der Waals surface area contributed by atoms with E-state index in [-0.39, 0.29) is 6.67 Å². The van der Waals surface area contributed by atoms with Crippen molar-refractivity contribution in [3.8, 4) is 0 Å². The highest BCUT2D eigenvalue weighted by Crippen LogP contribution is 2.07. The topological polar surface area (TPSA) is 24.4 Å². The zero-order valence-electron chi connectivity index (χ0n) is 4.82. The number of rotatable bonds is 1. The Morgan fingerprint density at radius 3 is 3.00 bits per heavy atom. The number of nitrogens with one attached hydrogen (secondary N) is 1. The van der Waals surface area contributed by atoms with E-state index in [0.29, 0.717) is 6.54 Å². The molecule has 3 heteroatoms. The first-order valence-electron chi connectivity index (χ1n) is 2.59. The lowest BCUT2D eigenvalue weighted by molar-refractivity contribution is 0.323. The Bertz CT molecular complexity index is 103. The molecule has 1 aliphatic heterocycles. The molecule has 1 atom stereocenters. The fraction of sp³-hybridized carbons (Fsp3) is 0.800. The molecule has 2 nitrogen and oxygen atoms in total. The van der Waals surface area contributed by atoms with Crippen LogP contribution in [0.1, 0.15) is 6.92 Å². The predicted molar refractivity (Wildman–Crippen MR) is 30.9 cm³/mol. The summed E-state index contributed by atoms with van der Waals surface area (Å²) in [7, 11) is 0. The van der Waals surface area contributed by atoms with Gasteiger partial charge in [-0.15, -0.1) is 0 Å². The SMILES string of the molecule is CC1(CF)CN=CN1. The number of halogens is 1. The summed E-state index contributed by atoms with van der Waals surface area (Å²) < 4.78 is 11.9. The van der Waals surface area contributed by atoms with E-state index in [9.17, 15) is 4.39 Å². The van der Waals surface area contributed by atoms with Crippen LogP contribution in [0, 0.1) is 0 Å². The molecule has 1 N–H and O–H groups in total. The van der Waals surface area contributed by atoms with Gasteiger partial charge in [0.1, 0.15) is 6.67 Å². The van der Waals surface area contributed by atoms with Crippen LogP contribution in [-0.2, 0) is 0 Å². The Labute approximate surface area is 47.8 Å². The first-order chi connectivity index (χ1) is 3.77. The average molecular weight is 116 g/mol. The van der Waals surface area contributed by atoms with Crippen LogP contribution < -0.4 is 5.32 Å². The fourth-order valence-corrected chi connectivity index (χ4v) is 0.575. The molecule has 0 saturated heterocycles. The summed E-state index contributed by atoms with van der Waals surface area (Å²) in [6, 6.07) is 0. The summed E-state index contributed by atoms with van der Waals surface area (Å²) in [5.41, 5.74) is -0.403. The first kappa shape index (κ1) is 5.54. The molecular formula is C5H9FN2. The summed E-state index contributed by atoms with van der Waals surface area (Å²) in [6.45, 7) is 2.01. The third-order valence-electron chi connectivity index (χ3n) is 1.24. The van der Waals surface area contributed by atoms with E-state index in [4.69, 9.17) is 0 Å². The van der Waals surface area contributed by atoms with Gasteiger partial charge in [0.25, 0.3) is 0 Å². The molecule has 0 fully saturated rings. The number of hydrogen-bond donors (Lipinski definition) is 1. The minimum atomic E-state index is -0.403. The van der Waals surface area contributed by atoms with Crippen molar-refractivity contribution in [2.24, 2.45) is 4.99 Å². The molecule has 0 aromatic rings. The van der Waals surface area contributed by atoms with E-state index < -0.39 is 5.54 Å². The van der Waals surface area contributed by atoms with E-state index in [2.05, 4.69) is 10.3 Å². The van der Waals surface area contributed by atoms with E-state index in [1.807, 2.05) is 0 Å². The molecule has 0 aromatic heterocycles. The van der Waals surface area contributed by atoms with Gasteiger partial charge in [-0.1, -0.05) is 0 Å². The maximum Gasteiger partial charge on any atom is 0.114 e. The number of alkyl halides is 1. The van der Waals surface area contributed by atoms with Crippen LogP contribution in [0.2, 0.25) is 0 Å². The van der Waals surface area contributed by atoms with Gasteiger partial charge in [0.05, 0.1) is 18.4 Å². The molecule has 8 heavy (non-hydrogen) atoms. The highest BCUT2D eigenvalue weighted by molar-refractivity contribution is 5.58. The first-order valence-corrected chi connectivity index (χ1v) is 2.59. The van der Waals surface area contributed by atoms with Crippen molar-refractivity contribution in [2.75, 3.05) is 13.2 Å². The lowest BCUT2D eigenvalue weighted by Gasteiger charge is -2.17. The van der Waals surface area contributed by atoms with Crippen LogP contribution in [0.15, 0.2) is 4.99 Å². The van der Waals surface area contributed by atoms with Crippen LogP contribution in [0.3, 0.4) is 0 Å². The van der Waals surface area contributed by atoms with Gasteiger partial charge >= 0.3 is 0 Å². The van der Waals surface area contributed by atoms with Gasteiger partial charge in [-0.05, 0) is 6.92 Å². The summed E-state index contributed by atoms with van der Waals surface area (Å²) in [6.07, 6.45) is 1.56. The Morgan fingerprint density at radius 1 is 2.00 bits per heavy atom. The van der Waals surface area contributed by atoms with Gasteiger partial charge in [-0.25, -0.2) is 4.39 Å². The molecule has 0 amide bonds. The average Bonchev–Trinajstić information content (AvgIpc) is 2.17. The maximum absolute atomic E-state index is 11.9. The van der Waals surface area contributed by atoms with Gasteiger partial charge in [-0.3, -0.25) is 4.99 Å². The second-order valence-corrected chi connectivity index (χ2v) is 2.31. The smallest absolute Gasteiger partial charge is 0.114 e. The Hall–Kier alpha value is -0.600. The summed E-state index contributed by atoms with van der Waals surface area (Å²) >= 11 is 0. The van der Waals surface area contributed by atoms with Crippen molar-refractivity contribution in [1.29, 1.82) is 0 Å². The third-order valence-corrected chi connectivity index (χ3v) is 1.24. The summed E-state index contributed by atoms with van der Waals surface area (Å²) in [5, 5.41) is 2.82. The van der Waals surface area contributed by atoms with Gasteiger partial charge in [-0.2, -0.15) is 0 Å². The molecular weight excluding hydrogens is 107 g/mol. The largest absolute Gasteiger partial charge is 0.367 e. The summed E-state index contributed by atoms with van der Waals surface area (Å²) in [5.74, 6) is 0. The molecule has 1 aliphatic rings. The Morgan fingerprint density at radius 2 is 2.75 bits per heavy atom. The zero-order valence-corrected chi connectivity index (χ0v) is 4.82. The molecule has 46 valence electrons. The molecule has 0 aromatic carbocycles. The third kappa shape index (κ3) is 0.804. The number of aliphatic imine (C=N–C) groups is 1. The molecule has 0 saturated carbocycles. The highest BCUT2D eigenvalue weighted by atomic mass is 19.1. The lowest BCUT2D eigenvalue weighted by Crippen LogP contribution is -2.41. The molecule has 1 heterocycles. The highest BCUT2D eigenvalue weighted by Gasteiger charge is 2.24. The lowest BCUT2D eigenvalue weighted by atomic mass is 10.1. The van der Waals surface area contributed by atoms with Crippen molar-refractivity contribution in [1.82, 2.24) is 5.32 Å². The minimum Gasteiger partial charge on any atom is -0.367 e. The molecule has 1 rings (SSSR count).